The highest BCUT2D eigenvalue weighted by Crippen LogP contribution is 2.34. The van der Waals surface area contributed by atoms with Gasteiger partial charge in [-0.1, -0.05) is 5.21 Å². The van der Waals surface area contributed by atoms with E-state index in [1.54, 1.807) is 20.8 Å². The summed E-state index contributed by atoms with van der Waals surface area (Å²) in [5.74, 6) is -2.88. The molecule has 1 aliphatic rings. The van der Waals surface area contributed by atoms with E-state index in [9.17, 15) is 24.0 Å². The third kappa shape index (κ3) is 9.33. The van der Waals surface area contributed by atoms with Crippen molar-refractivity contribution < 1.29 is 52.4 Å². The molecule has 0 radical (unpaired) electrons. The molecule has 15 heteroatoms. The average molecular weight is 529 g/mol. The van der Waals surface area contributed by atoms with E-state index in [2.05, 4.69) is 15.6 Å². The number of amides is 1. The Bertz CT molecular complexity index is 1000. The van der Waals surface area contributed by atoms with Crippen LogP contribution >= 0.6 is 0 Å². The van der Waals surface area contributed by atoms with Gasteiger partial charge < -0.3 is 33.7 Å². The molecule has 0 unspecified atom stereocenters. The Balaban J connectivity index is 2.38. The molecule has 0 aliphatic carbocycles. The minimum Gasteiger partial charge on any atom is -0.463 e. The summed E-state index contributed by atoms with van der Waals surface area (Å²) in [7, 11) is 0. The van der Waals surface area contributed by atoms with E-state index in [-0.39, 0.29) is 13.2 Å². The maximum absolute atomic E-state index is 12.0. The monoisotopic (exact) mass is 528 g/mol. The molecule has 5 atom stereocenters. The van der Waals surface area contributed by atoms with Crippen LogP contribution in [0.15, 0.2) is 6.20 Å². The van der Waals surface area contributed by atoms with Gasteiger partial charge in [0.25, 0.3) is 0 Å². The smallest absolute Gasteiger partial charge is 0.407 e. The normalized spacial score (nSPS) is 23.4. The van der Waals surface area contributed by atoms with Gasteiger partial charge in [0.05, 0.1) is 12.7 Å². The topological polar surface area (TPSA) is 183 Å². The molecule has 0 bridgehead atoms. The molecule has 0 spiro atoms. The molecule has 1 saturated heterocycles. The quantitative estimate of drug-likeness (QED) is 0.365. The molecule has 1 aliphatic heterocycles. The second-order valence-corrected chi connectivity index (χ2v) is 9.14. The van der Waals surface area contributed by atoms with Crippen molar-refractivity contribution in [1.29, 1.82) is 0 Å². The largest absolute Gasteiger partial charge is 0.463 e. The number of rotatable bonds is 8. The first-order valence-corrected chi connectivity index (χ1v) is 11.3. The van der Waals surface area contributed by atoms with Crippen molar-refractivity contribution in [3.8, 4) is 0 Å². The number of carbonyl (C=O) groups excluding carboxylic acids is 5. The third-order valence-corrected chi connectivity index (χ3v) is 4.60. The van der Waals surface area contributed by atoms with Gasteiger partial charge in [0.1, 0.15) is 24.0 Å². The Labute approximate surface area is 213 Å². The predicted molar refractivity (Wildman–Crippen MR) is 120 cm³/mol. The van der Waals surface area contributed by atoms with Gasteiger partial charge in [-0.25, -0.2) is 9.48 Å². The number of hydrogen-bond donors (Lipinski definition) is 1. The van der Waals surface area contributed by atoms with Crippen LogP contribution in [0.4, 0.5) is 4.79 Å². The van der Waals surface area contributed by atoms with Gasteiger partial charge in [-0.3, -0.25) is 19.2 Å². The van der Waals surface area contributed by atoms with Gasteiger partial charge in [-0.2, -0.15) is 0 Å². The highest BCUT2D eigenvalue weighted by atomic mass is 16.7. The van der Waals surface area contributed by atoms with Gasteiger partial charge in [0, 0.05) is 27.7 Å². The van der Waals surface area contributed by atoms with Crippen LogP contribution in [-0.2, 0) is 54.1 Å². The number of aromatic nitrogens is 3. The van der Waals surface area contributed by atoms with Crippen LogP contribution in [0.3, 0.4) is 0 Å². The Morgan fingerprint density at radius 1 is 0.919 bits per heavy atom. The standard InChI is InChI=1S/C22H32N4O11/c1-11(27)32-10-16-17(33-12(2)28)18(34-13(3)29)19(35-14(4)30)20(36-16)26-9-15(24-25-26)8-23-21(31)37-22(5,6)7/h9,16-20H,8,10H2,1-7H3,(H,23,31)/t16-,17-,18+,19-,20-/m1/s1. The molecule has 15 nitrogen and oxygen atoms in total. The predicted octanol–water partition coefficient (Wildman–Crippen LogP) is 0.558. The van der Waals surface area contributed by atoms with Gasteiger partial charge in [0.15, 0.2) is 24.5 Å². The fourth-order valence-electron chi connectivity index (χ4n) is 3.41. The number of ether oxygens (including phenoxy) is 6. The maximum atomic E-state index is 12.0. The lowest BCUT2D eigenvalue weighted by Crippen LogP contribution is -2.60. The number of nitrogens with zero attached hydrogens (tertiary/aromatic N) is 3. The highest BCUT2D eigenvalue weighted by Gasteiger charge is 2.53. The Morgan fingerprint density at radius 3 is 2.03 bits per heavy atom. The zero-order valence-electron chi connectivity index (χ0n) is 21.7. The molecule has 1 N–H and O–H groups in total. The molecular formula is C22H32N4O11. The summed E-state index contributed by atoms with van der Waals surface area (Å²) in [5, 5.41) is 10.5. The fraction of sp³-hybridized carbons (Fsp3) is 0.682. The Kier molecular flexibility index (Phi) is 9.94. The zero-order valence-corrected chi connectivity index (χ0v) is 21.7. The first kappa shape index (κ1) is 29.5. The lowest BCUT2D eigenvalue weighted by Gasteiger charge is -2.44. The molecule has 1 aromatic heterocycles. The minimum atomic E-state index is -1.35. The molecule has 1 aromatic rings. The SMILES string of the molecule is CC(=O)OC[C@H]1O[C@@H](n2cc(CNC(=O)OC(C)(C)C)nn2)[C@H](OC(C)=O)[C@@H](OC(C)=O)[C@@H]1OC(C)=O. The van der Waals surface area contributed by atoms with Crippen molar-refractivity contribution in [3.63, 3.8) is 0 Å². The van der Waals surface area contributed by atoms with E-state index in [1.807, 2.05) is 0 Å². The summed E-state index contributed by atoms with van der Waals surface area (Å²) in [6.45, 7) is 9.27. The number of esters is 4. The molecule has 2 heterocycles. The molecule has 1 amide bonds. The van der Waals surface area contributed by atoms with Crippen LogP contribution in [0, 0.1) is 0 Å². The number of hydrogen-bond acceptors (Lipinski definition) is 13. The van der Waals surface area contributed by atoms with E-state index < -0.39 is 66.2 Å². The summed E-state index contributed by atoms with van der Waals surface area (Å²) >= 11 is 0. The van der Waals surface area contributed by atoms with Crippen LogP contribution in [0.1, 0.15) is 60.4 Å². The highest BCUT2D eigenvalue weighted by molar-refractivity contribution is 5.69. The maximum Gasteiger partial charge on any atom is 0.407 e. The molecule has 37 heavy (non-hydrogen) atoms. The fourth-order valence-corrected chi connectivity index (χ4v) is 3.41. The summed E-state index contributed by atoms with van der Waals surface area (Å²) < 4.78 is 33.5. The Hall–Kier alpha value is -3.75. The number of alkyl carbamates (subject to hydrolysis) is 1. The van der Waals surface area contributed by atoms with Crippen molar-refractivity contribution in [2.24, 2.45) is 0 Å². The van der Waals surface area contributed by atoms with Gasteiger partial charge in [-0.15, -0.1) is 5.10 Å². The second kappa shape index (κ2) is 12.5. The summed E-state index contributed by atoms with van der Waals surface area (Å²) in [6.07, 6.45) is -5.64. The molecular weight excluding hydrogens is 496 g/mol. The van der Waals surface area contributed by atoms with E-state index in [4.69, 9.17) is 28.4 Å². The van der Waals surface area contributed by atoms with E-state index in [0.29, 0.717) is 5.69 Å². The van der Waals surface area contributed by atoms with Gasteiger partial charge in [0.2, 0.25) is 0 Å². The van der Waals surface area contributed by atoms with Crippen LogP contribution in [0.5, 0.6) is 0 Å². The van der Waals surface area contributed by atoms with Crippen LogP contribution in [-0.4, -0.2) is 81.6 Å². The van der Waals surface area contributed by atoms with E-state index in [1.165, 1.54) is 17.8 Å². The molecule has 2 rings (SSSR count). The second-order valence-electron chi connectivity index (χ2n) is 9.14. The molecule has 206 valence electrons. The molecule has 1 fully saturated rings. The van der Waals surface area contributed by atoms with Crippen LogP contribution in [0.25, 0.3) is 0 Å². The van der Waals surface area contributed by atoms with E-state index in [0.717, 1.165) is 20.8 Å². The van der Waals surface area contributed by atoms with Crippen molar-refractivity contribution in [3.05, 3.63) is 11.9 Å². The Morgan fingerprint density at radius 2 is 1.49 bits per heavy atom. The third-order valence-electron chi connectivity index (χ3n) is 4.60. The van der Waals surface area contributed by atoms with Crippen LogP contribution < -0.4 is 5.32 Å². The lowest BCUT2D eigenvalue weighted by atomic mass is 9.97. The molecule has 0 aromatic carbocycles. The average Bonchev–Trinajstić information content (AvgIpc) is 3.20. The first-order valence-electron chi connectivity index (χ1n) is 11.3. The zero-order chi connectivity index (χ0) is 27.9. The van der Waals surface area contributed by atoms with Crippen molar-refractivity contribution in [2.75, 3.05) is 6.61 Å². The number of carbonyl (C=O) groups is 5. The summed E-state index contributed by atoms with van der Waals surface area (Å²) in [6, 6.07) is 0. The summed E-state index contributed by atoms with van der Waals surface area (Å²) in [4.78, 5) is 59.1. The van der Waals surface area contributed by atoms with Gasteiger partial charge >= 0.3 is 30.0 Å². The molecule has 0 saturated carbocycles. The van der Waals surface area contributed by atoms with Crippen LogP contribution in [0.2, 0.25) is 0 Å². The number of nitrogens with one attached hydrogen (secondary N) is 1. The van der Waals surface area contributed by atoms with Gasteiger partial charge in [-0.05, 0) is 20.8 Å². The van der Waals surface area contributed by atoms with E-state index >= 15 is 0 Å². The van der Waals surface area contributed by atoms with Crippen molar-refractivity contribution in [1.82, 2.24) is 20.3 Å². The summed E-state index contributed by atoms with van der Waals surface area (Å²) in [5.41, 5.74) is -0.408. The van der Waals surface area contributed by atoms with Crippen molar-refractivity contribution in [2.45, 2.75) is 91.3 Å². The minimum absolute atomic E-state index is 0.0554. The van der Waals surface area contributed by atoms with Crippen molar-refractivity contribution >= 4 is 30.0 Å². The first-order chi connectivity index (χ1) is 17.2. The lowest BCUT2D eigenvalue weighted by molar-refractivity contribution is -0.270.